The highest BCUT2D eigenvalue weighted by Crippen LogP contribution is 2.48. The van der Waals surface area contributed by atoms with E-state index in [9.17, 15) is 33.9 Å². The molecule has 1 aromatic heterocycles. The van der Waals surface area contributed by atoms with E-state index in [2.05, 4.69) is 0 Å². The molecule has 15 nitrogen and oxygen atoms in total. The normalized spacial score (nSPS) is 22.6. The number of hydrogen-bond donors (Lipinski definition) is 1. The van der Waals surface area contributed by atoms with Crippen LogP contribution in [0.5, 0.6) is 11.5 Å². The number of phenols is 1. The number of alkyl halides is 2. The summed E-state index contributed by atoms with van der Waals surface area (Å²) in [6.07, 6.45) is -8.13. The molecule has 0 bridgehead atoms. The average molecular weight is 920 g/mol. The molecule has 4 aromatic carbocycles. The molecule has 0 spiro atoms. The second-order valence-electron chi connectivity index (χ2n) is 15.2. The first kappa shape index (κ1) is 43.7. The van der Waals surface area contributed by atoms with Gasteiger partial charge >= 0.3 is 23.9 Å². The van der Waals surface area contributed by atoms with Gasteiger partial charge in [0.2, 0.25) is 12.4 Å². The number of aromatic hydroxyl groups is 1. The number of benzene rings is 4. The number of carbonyl (C=O) groups excluding carboxylic acids is 6. The fourth-order valence-corrected chi connectivity index (χ4v) is 10.1. The molecule has 1 fully saturated rings. The summed E-state index contributed by atoms with van der Waals surface area (Å²) >= 11 is 14.0. The van der Waals surface area contributed by atoms with Crippen LogP contribution in [0.1, 0.15) is 63.1 Å². The van der Waals surface area contributed by atoms with Crippen molar-refractivity contribution in [1.82, 2.24) is 0 Å². The van der Waals surface area contributed by atoms with Gasteiger partial charge in [-0.3, -0.25) is 24.0 Å². The average Bonchev–Trinajstić information content (AvgIpc) is 4.01. The fourth-order valence-electron chi connectivity index (χ4n) is 8.71. The number of amides is 2. The second-order valence-corrected chi connectivity index (χ2v) is 16.9. The lowest BCUT2D eigenvalue weighted by molar-refractivity contribution is -0.282. The molecular weight excluding hydrogens is 879 g/mol. The highest BCUT2D eigenvalue weighted by molar-refractivity contribution is 7.16. The standard InChI is InChI=1S/C45H40Cl2N2O13S/c1-21(50)58-38-39(59-22(2)51)41(60-23(3)52)45(62-40(38)44(56)57-4)61-33-16-31-37(29-12-8-6-10-27(29)33)25(18-47)20-49(31)43(55)35-14-13-34(63-35)42(54)48-19-24(17-46)36-28-11-7-5-9-26(28)32(53)15-30(36)48/h5-16,24-25,38-41,45,53H,17-20H2,1-4H3/t24-,25-,38?,39?,40?,41?,45?/m1/s1. The maximum Gasteiger partial charge on any atom is 0.339 e. The lowest BCUT2D eigenvalue weighted by Crippen LogP contribution is -2.64. The first-order chi connectivity index (χ1) is 30.2. The van der Waals surface area contributed by atoms with Gasteiger partial charge in [0.15, 0.2) is 18.3 Å². The number of methoxy groups -OCH3 is 1. The predicted molar refractivity (Wildman–Crippen MR) is 232 cm³/mol. The van der Waals surface area contributed by atoms with E-state index in [0.717, 1.165) is 55.7 Å². The van der Waals surface area contributed by atoms with Gasteiger partial charge in [0.25, 0.3) is 11.8 Å². The van der Waals surface area contributed by atoms with Crippen LogP contribution in [-0.4, -0.2) is 103 Å². The van der Waals surface area contributed by atoms with Crippen molar-refractivity contribution in [2.75, 3.05) is 41.8 Å². The molecule has 1 N–H and O–H groups in total. The van der Waals surface area contributed by atoms with E-state index in [1.54, 1.807) is 52.3 Å². The maximum atomic E-state index is 14.6. The zero-order chi connectivity index (χ0) is 44.9. The van der Waals surface area contributed by atoms with Gasteiger partial charge < -0.3 is 43.3 Å². The number of carbonyl (C=O) groups is 6. The van der Waals surface area contributed by atoms with E-state index in [0.29, 0.717) is 32.4 Å². The molecule has 0 aliphatic carbocycles. The van der Waals surface area contributed by atoms with Crippen LogP contribution in [0.15, 0.2) is 72.8 Å². The van der Waals surface area contributed by atoms with Crippen LogP contribution in [0.2, 0.25) is 0 Å². The number of thiophene rings is 1. The van der Waals surface area contributed by atoms with Crippen molar-refractivity contribution in [3.05, 3.63) is 93.7 Å². The minimum absolute atomic E-state index is 0.0347. The number of hydrogen-bond acceptors (Lipinski definition) is 14. The fraction of sp³-hybridized carbons (Fsp3) is 0.333. The Bertz CT molecular complexity index is 2690. The summed E-state index contributed by atoms with van der Waals surface area (Å²) in [4.78, 5) is 82.8. The Hall–Kier alpha value is -5.94. The maximum absolute atomic E-state index is 14.6. The predicted octanol–water partition coefficient (Wildman–Crippen LogP) is 6.80. The van der Waals surface area contributed by atoms with Gasteiger partial charge in [0.05, 0.1) is 28.2 Å². The van der Waals surface area contributed by atoms with Crippen molar-refractivity contribution >= 4 is 103 Å². The van der Waals surface area contributed by atoms with E-state index in [-0.39, 0.29) is 59.0 Å². The van der Waals surface area contributed by atoms with Gasteiger partial charge in [0, 0.05) is 80.4 Å². The molecule has 4 heterocycles. The molecule has 3 aliphatic heterocycles. The van der Waals surface area contributed by atoms with E-state index >= 15 is 0 Å². The molecule has 1 saturated heterocycles. The molecule has 7 atom stereocenters. The molecule has 8 rings (SSSR count). The Balaban J connectivity index is 1.15. The zero-order valence-electron chi connectivity index (χ0n) is 34.2. The third-order valence-corrected chi connectivity index (χ3v) is 13.0. The van der Waals surface area contributed by atoms with Crippen molar-refractivity contribution < 1.29 is 62.3 Å². The van der Waals surface area contributed by atoms with Gasteiger partial charge in [0.1, 0.15) is 11.5 Å². The molecule has 0 radical (unpaired) electrons. The zero-order valence-corrected chi connectivity index (χ0v) is 36.5. The van der Waals surface area contributed by atoms with E-state index in [1.165, 1.54) is 0 Å². The van der Waals surface area contributed by atoms with Gasteiger partial charge in [-0.25, -0.2) is 4.79 Å². The minimum atomic E-state index is -1.70. The summed E-state index contributed by atoms with van der Waals surface area (Å²) < 4.78 is 34.0. The van der Waals surface area contributed by atoms with Crippen molar-refractivity contribution in [1.29, 1.82) is 0 Å². The minimum Gasteiger partial charge on any atom is -0.507 e. The highest BCUT2D eigenvalue weighted by atomic mass is 35.5. The van der Waals surface area contributed by atoms with Crippen molar-refractivity contribution in [3.63, 3.8) is 0 Å². The van der Waals surface area contributed by atoms with Gasteiger partial charge in [-0.05, 0) is 34.0 Å². The third-order valence-electron chi connectivity index (χ3n) is 11.2. The third kappa shape index (κ3) is 8.01. The molecule has 18 heteroatoms. The van der Waals surface area contributed by atoms with Crippen LogP contribution in [0.25, 0.3) is 21.5 Å². The van der Waals surface area contributed by atoms with Crippen LogP contribution >= 0.6 is 34.5 Å². The lowest BCUT2D eigenvalue weighted by Gasteiger charge is -2.43. The van der Waals surface area contributed by atoms with E-state index < -0.39 is 60.5 Å². The largest absolute Gasteiger partial charge is 0.507 e. The molecular formula is C45H40Cl2N2O13S. The smallest absolute Gasteiger partial charge is 0.339 e. The van der Waals surface area contributed by atoms with Crippen LogP contribution in [-0.2, 0) is 42.9 Å². The molecule has 5 aromatic rings. The van der Waals surface area contributed by atoms with Crippen molar-refractivity contribution in [2.45, 2.75) is 63.3 Å². The first-order valence-corrected chi connectivity index (χ1v) is 21.7. The number of rotatable bonds is 10. The van der Waals surface area contributed by atoms with Gasteiger partial charge in [-0.1, -0.05) is 48.5 Å². The monoisotopic (exact) mass is 918 g/mol. The topological polar surface area (TPSA) is 185 Å². The molecule has 5 unspecified atom stereocenters. The van der Waals surface area contributed by atoms with E-state index in [1.807, 2.05) is 30.3 Å². The Morgan fingerprint density at radius 1 is 0.683 bits per heavy atom. The highest BCUT2D eigenvalue weighted by Gasteiger charge is 2.56. The number of anilines is 2. The summed E-state index contributed by atoms with van der Waals surface area (Å²) in [5.74, 6) is -4.27. The Morgan fingerprint density at radius 3 is 1.68 bits per heavy atom. The lowest BCUT2D eigenvalue weighted by atomic mass is 9.95. The van der Waals surface area contributed by atoms with Crippen molar-refractivity contribution in [2.24, 2.45) is 0 Å². The number of nitrogens with zero attached hydrogens (tertiary/aromatic N) is 2. The summed E-state index contributed by atoms with van der Waals surface area (Å²) in [5, 5.41) is 13.6. The number of fused-ring (bicyclic) bond motifs is 6. The number of phenolic OH excluding ortho intramolecular Hbond substituents is 1. The van der Waals surface area contributed by atoms with Crippen molar-refractivity contribution in [3.8, 4) is 11.5 Å². The van der Waals surface area contributed by atoms with E-state index in [4.69, 9.17) is 51.6 Å². The van der Waals surface area contributed by atoms with Gasteiger partial charge in [-0.2, -0.15) is 0 Å². The number of ether oxygens (including phenoxy) is 6. The Labute approximate surface area is 374 Å². The van der Waals surface area contributed by atoms with Crippen LogP contribution in [0.3, 0.4) is 0 Å². The quantitative estimate of drug-likeness (QED) is 0.0878. The first-order valence-electron chi connectivity index (χ1n) is 19.8. The molecule has 63 heavy (non-hydrogen) atoms. The molecule has 2 amide bonds. The van der Waals surface area contributed by atoms with Crippen LogP contribution < -0.4 is 14.5 Å². The van der Waals surface area contributed by atoms with Gasteiger partial charge in [-0.15, -0.1) is 34.5 Å². The molecule has 328 valence electrons. The second kappa shape index (κ2) is 17.7. The number of esters is 4. The SMILES string of the molecule is COC(=O)C1OC(Oc2cc3c(c4ccccc24)[C@H](CCl)CN3C(=O)c2ccc(C(=O)N3C[C@@H](CCl)c4c3cc(O)c3ccccc43)s2)C(OC(C)=O)C(OC(C)=O)C1OC(C)=O. The summed E-state index contributed by atoms with van der Waals surface area (Å²) in [5.41, 5.74) is 2.61. The number of halogens is 2. The summed E-state index contributed by atoms with van der Waals surface area (Å²) in [6, 6.07) is 20.9. The molecule has 0 saturated carbocycles. The molecule has 3 aliphatic rings. The Morgan fingerprint density at radius 2 is 1.16 bits per heavy atom. The van der Waals surface area contributed by atoms with Crippen LogP contribution in [0, 0.1) is 0 Å². The van der Waals surface area contributed by atoms with Crippen LogP contribution in [0.4, 0.5) is 11.4 Å². The summed E-state index contributed by atoms with van der Waals surface area (Å²) in [7, 11) is 1.08. The summed E-state index contributed by atoms with van der Waals surface area (Å²) in [6.45, 7) is 3.73. The Kier molecular flexibility index (Phi) is 12.3.